The molecule has 1 aliphatic heterocycles. The van der Waals surface area contributed by atoms with Crippen LogP contribution in [-0.4, -0.2) is 26.2 Å². The van der Waals surface area contributed by atoms with Crippen LogP contribution in [0.1, 0.15) is 24.8 Å². The Morgan fingerprint density at radius 3 is 2.67 bits per heavy atom. The number of nitrogens with zero attached hydrogens (tertiary/aromatic N) is 1. The van der Waals surface area contributed by atoms with Crippen molar-refractivity contribution in [2.45, 2.75) is 25.7 Å². The van der Waals surface area contributed by atoms with Crippen molar-refractivity contribution in [3.05, 3.63) is 28.2 Å². The number of carbonyl (C=O) groups is 1. The quantitative estimate of drug-likeness (QED) is 0.803. The van der Waals surface area contributed by atoms with E-state index in [2.05, 4.69) is 31.6 Å². The maximum Gasteiger partial charge on any atom is 0.309 e. The van der Waals surface area contributed by atoms with E-state index >= 15 is 0 Å². The van der Waals surface area contributed by atoms with Crippen molar-refractivity contribution in [2.24, 2.45) is 0 Å². The number of rotatable bonds is 3. The maximum atomic E-state index is 11.2. The van der Waals surface area contributed by atoms with Crippen molar-refractivity contribution >= 4 is 27.6 Å². The summed E-state index contributed by atoms with van der Waals surface area (Å²) in [4.78, 5) is 13.6. The summed E-state index contributed by atoms with van der Waals surface area (Å²) in [5.74, 6) is -0.201. The molecule has 0 atom stereocenters. The number of methoxy groups -OCH3 is 1. The number of esters is 1. The second-order valence-electron chi connectivity index (χ2n) is 4.59. The van der Waals surface area contributed by atoms with Gasteiger partial charge < -0.3 is 9.64 Å². The molecule has 1 aliphatic rings. The van der Waals surface area contributed by atoms with E-state index in [0.29, 0.717) is 6.42 Å². The summed E-state index contributed by atoms with van der Waals surface area (Å²) in [5.41, 5.74) is 2.21. The summed E-state index contributed by atoms with van der Waals surface area (Å²) in [6.07, 6.45) is 4.18. The summed E-state index contributed by atoms with van der Waals surface area (Å²) >= 11 is 3.60. The largest absolute Gasteiger partial charge is 0.469 e. The van der Waals surface area contributed by atoms with E-state index in [9.17, 15) is 4.79 Å². The van der Waals surface area contributed by atoms with E-state index in [1.807, 2.05) is 12.1 Å². The van der Waals surface area contributed by atoms with Crippen LogP contribution in [0.5, 0.6) is 0 Å². The van der Waals surface area contributed by atoms with Gasteiger partial charge in [0.15, 0.2) is 0 Å². The summed E-state index contributed by atoms with van der Waals surface area (Å²) in [6.45, 7) is 2.24. The Kier molecular flexibility index (Phi) is 4.64. The molecular weight excluding hydrogens is 294 g/mol. The van der Waals surface area contributed by atoms with Crippen LogP contribution >= 0.6 is 15.9 Å². The molecule has 1 heterocycles. The molecule has 1 fully saturated rings. The molecule has 0 N–H and O–H groups in total. The molecule has 4 heteroatoms. The zero-order chi connectivity index (χ0) is 13.0. The molecule has 0 aromatic heterocycles. The normalized spacial score (nSPS) is 15.6. The van der Waals surface area contributed by atoms with Gasteiger partial charge in [-0.1, -0.05) is 6.07 Å². The molecule has 0 bridgehead atoms. The van der Waals surface area contributed by atoms with Gasteiger partial charge in [0.25, 0.3) is 0 Å². The van der Waals surface area contributed by atoms with Crippen LogP contribution in [-0.2, 0) is 16.0 Å². The summed E-state index contributed by atoms with van der Waals surface area (Å²) in [6, 6.07) is 6.11. The third-order valence-electron chi connectivity index (χ3n) is 3.28. The highest BCUT2D eigenvalue weighted by atomic mass is 79.9. The van der Waals surface area contributed by atoms with Gasteiger partial charge in [-0.3, -0.25) is 4.79 Å². The lowest BCUT2D eigenvalue weighted by atomic mass is 10.1. The predicted molar refractivity (Wildman–Crippen MR) is 75.9 cm³/mol. The van der Waals surface area contributed by atoms with Gasteiger partial charge >= 0.3 is 5.97 Å². The second-order valence-corrected chi connectivity index (χ2v) is 5.44. The highest BCUT2D eigenvalue weighted by molar-refractivity contribution is 9.10. The number of hydrogen-bond acceptors (Lipinski definition) is 3. The minimum atomic E-state index is -0.201. The first kappa shape index (κ1) is 13.4. The van der Waals surface area contributed by atoms with Gasteiger partial charge in [-0.05, 0) is 52.9 Å². The molecule has 3 nitrogen and oxygen atoms in total. The molecule has 18 heavy (non-hydrogen) atoms. The van der Waals surface area contributed by atoms with E-state index < -0.39 is 0 Å². The molecule has 2 rings (SSSR count). The number of ether oxygens (including phenoxy) is 1. The lowest BCUT2D eigenvalue weighted by Crippen LogP contribution is -2.29. The predicted octanol–water partition coefficient (Wildman–Crippen LogP) is 3.15. The molecule has 0 spiro atoms. The highest BCUT2D eigenvalue weighted by Crippen LogP contribution is 2.29. The molecule has 1 saturated heterocycles. The van der Waals surface area contributed by atoms with Gasteiger partial charge in [0.1, 0.15) is 0 Å². The molecule has 98 valence electrons. The van der Waals surface area contributed by atoms with E-state index in [-0.39, 0.29) is 5.97 Å². The van der Waals surface area contributed by atoms with Crippen LogP contribution < -0.4 is 4.90 Å². The Bertz CT molecular complexity index is 428. The molecule has 0 saturated carbocycles. The fourth-order valence-electron chi connectivity index (χ4n) is 2.29. The zero-order valence-electron chi connectivity index (χ0n) is 10.6. The topological polar surface area (TPSA) is 29.5 Å². The van der Waals surface area contributed by atoms with Crippen LogP contribution in [0.4, 0.5) is 5.69 Å². The zero-order valence-corrected chi connectivity index (χ0v) is 12.2. The van der Waals surface area contributed by atoms with Crippen molar-refractivity contribution < 1.29 is 9.53 Å². The third-order valence-corrected chi connectivity index (χ3v) is 3.92. The van der Waals surface area contributed by atoms with Crippen LogP contribution in [0, 0.1) is 0 Å². The fourth-order valence-corrected chi connectivity index (χ4v) is 2.97. The summed E-state index contributed by atoms with van der Waals surface area (Å²) in [5, 5.41) is 0. The molecule has 0 aliphatic carbocycles. The maximum absolute atomic E-state index is 11.2. The third kappa shape index (κ3) is 3.25. The Labute approximate surface area is 116 Å². The van der Waals surface area contributed by atoms with E-state index in [1.165, 1.54) is 32.1 Å². The lowest BCUT2D eigenvalue weighted by Gasteiger charge is -2.29. The van der Waals surface area contributed by atoms with Gasteiger partial charge in [0.05, 0.1) is 19.2 Å². The Morgan fingerprint density at radius 1 is 1.33 bits per heavy atom. The number of anilines is 1. The Hall–Kier alpha value is -1.03. The average Bonchev–Trinajstić information content (AvgIpc) is 2.40. The SMILES string of the molecule is COC(=O)Cc1ccc(N2CCCCC2)c(Br)c1. The minimum absolute atomic E-state index is 0.201. The average molecular weight is 312 g/mol. The first-order valence-corrected chi connectivity index (χ1v) is 7.10. The van der Waals surface area contributed by atoms with E-state index in [4.69, 9.17) is 0 Å². The first-order valence-electron chi connectivity index (χ1n) is 6.31. The highest BCUT2D eigenvalue weighted by Gasteiger charge is 2.14. The standard InChI is InChI=1S/C14H18BrNO2/c1-18-14(17)10-11-5-6-13(12(15)9-11)16-7-3-2-4-8-16/h5-6,9H,2-4,7-8,10H2,1H3. The Morgan fingerprint density at radius 2 is 2.06 bits per heavy atom. The van der Waals surface area contributed by atoms with Crippen LogP contribution in [0.15, 0.2) is 22.7 Å². The number of benzene rings is 1. The summed E-state index contributed by atoms with van der Waals surface area (Å²) < 4.78 is 5.74. The van der Waals surface area contributed by atoms with E-state index in [0.717, 1.165) is 23.1 Å². The van der Waals surface area contributed by atoms with Crippen molar-refractivity contribution in [3.63, 3.8) is 0 Å². The van der Waals surface area contributed by atoms with Crippen molar-refractivity contribution in [1.29, 1.82) is 0 Å². The van der Waals surface area contributed by atoms with Gasteiger partial charge in [-0.2, -0.15) is 0 Å². The van der Waals surface area contributed by atoms with Crippen molar-refractivity contribution in [3.8, 4) is 0 Å². The number of carbonyl (C=O) groups excluding carboxylic acids is 1. The lowest BCUT2D eigenvalue weighted by molar-refractivity contribution is -0.139. The monoisotopic (exact) mass is 311 g/mol. The molecule has 1 aromatic carbocycles. The fraction of sp³-hybridized carbons (Fsp3) is 0.500. The van der Waals surface area contributed by atoms with E-state index in [1.54, 1.807) is 0 Å². The van der Waals surface area contributed by atoms with Crippen LogP contribution in [0.2, 0.25) is 0 Å². The smallest absolute Gasteiger partial charge is 0.309 e. The number of halogens is 1. The van der Waals surface area contributed by atoms with Crippen molar-refractivity contribution in [1.82, 2.24) is 0 Å². The molecule has 1 aromatic rings. The summed E-state index contributed by atoms with van der Waals surface area (Å²) in [7, 11) is 1.42. The second kappa shape index (κ2) is 6.23. The van der Waals surface area contributed by atoms with Crippen LogP contribution in [0.25, 0.3) is 0 Å². The minimum Gasteiger partial charge on any atom is -0.469 e. The molecule has 0 unspecified atom stereocenters. The number of piperidine rings is 1. The van der Waals surface area contributed by atoms with Gasteiger partial charge in [0, 0.05) is 17.6 Å². The Balaban J connectivity index is 2.11. The molecule has 0 amide bonds. The van der Waals surface area contributed by atoms with Gasteiger partial charge in [-0.25, -0.2) is 0 Å². The molecular formula is C14H18BrNO2. The van der Waals surface area contributed by atoms with Crippen LogP contribution in [0.3, 0.4) is 0 Å². The number of hydrogen-bond donors (Lipinski definition) is 0. The van der Waals surface area contributed by atoms with Gasteiger partial charge in [-0.15, -0.1) is 0 Å². The first-order chi connectivity index (χ1) is 8.70. The van der Waals surface area contributed by atoms with Gasteiger partial charge in [0.2, 0.25) is 0 Å². The van der Waals surface area contributed by atoms with Crippen molar-refractivity contribution in [2.75, 3.05) is 25.1 Å². The molecule has 0 radical (unpaired) electrons.